The molecule has 0 aliphatic heterocycles. The number of rotatable bonds is 2. The van der Waals surface area contributed by atoms with Gasteiger partial charge < -0.3 is 9.32 Å². The van der Waals surface area contributed by atoms with Crippen LogP contribution in [0, 0.1) is 3.90 Å². The first-order valence-electron chi connectivity index (χ1n) is 4.43. The maximum atomic E-state index is 5.35. The van der Waals surface area contributed by atoms with Crippen molar-refractivity contribution in [2.45, 2.75) is 0 Å². The van der Waals surface area contributed by atoms with Crippen molar-refractivity contribution in [3.63, 3.8) is 0 Å². The van der Waals surface area contributed by atoms with E-state index in [1.165, 1.54) is 0 Å². The fourth-order valence-corrected chi connectivity index (χ4v) is 1.56. The molecule has 0 fully saturated rings. The third-order valence-corrected chi connectivity index (χ3v) is 2.45. The van der Waals surface area contributed by atoms with Gasteiger partial charge in [0, 0.05) is 47.9 Å². The standard InChI is InChI=1S/C10H10IN3O/c1-14(2)8-5-3-4-7(6-8)9-12-13-10(11)15-9/h3-6H,1-2H3. The molecule has 5 heteroatoms. The van der Waals surface area contributed by atoms with Crippen LogP contribution in [0.4, 0.5) is 5.69 Å². The van der Waals surface area contributed by atoms with E-state index in [-0.39, 0.29) is 0 Å². The van der Waals surface area contributed by atoms with E-state index < -0.39 is 0 Å². The van der Waals surface area contributed by atoms with Crippen LogP contribution in [0.5, 0.6) is 0 Å². The molecule has 0 saturated heterocycles. The largest absolute Gasteiger partial charge is 0.412 e. The summed E-state index contributed by atoms with van der Waals surface area (Å²) in [4.78, 5) is 2.03. The minimum atomic E-state index is 0.554. The maximum Gasteiger partial charge on any atom is 0.278 e. The summed E-state index contributed by atoms with van der Waals surface area (Å²) in [6, 6.07) is 7.98. The van der Waals surface area contributed by atoms with E-state index in [2.05, 4.69) is 10.2 Å². The van der Waals surface area contributed by atoms with E-state index >= 15 is 0 Å². The van der Waals surface area contributed by atoms with Crippen LogP contribution in [0.3, 0.4) is 0 Å². The summed E-state index contributed by atoms with van der Waals surface area (Å²) >= 11 is 2.00. The molecular weight excluding hydrogens is 305 g/mol. The minimum Gasteiger partial charge on any atom is -0.412 e. The Kier molecular flexibility index (Phi) is 2.90. The smallest absolute Gasteiger partial charge is 0.278 e. The first-order valence-corrected chi connectivity index (χ1v) is 5.51. The Balaban J connectivity index is 2.41. The van der Waals surface area contributed by atoms with E-state index in [0.717, 1.165) is 11.3 Å². The highest BCUT2D eigenvalue weighted by Crippen LogP contribution is 2.22. The molecule has 0 spiro atoms. The Hall–Kier alpha value is -1.11. The third-order valence-electron chi connectivity index (χ3n) is 2.01. The van der Waals surface area contributed by atoms with Crippen LogP contribution in [-0.4, -0.2) is 24.3 Å². The Bertz CT molecular complexity index is 467. The number of aromatic nitrogens is 2. The first-order chi connectivity index (χ1) is 7.16. The van der Waals surface area contributed by atoms with Gasteiger partial charge in [-0.15, -0.1) is 10.2 Å². The van der Waals surface area contributed by atoms with Crippen molar-refractivity contribution in [2.24, 2.45) is 0 Å². The fraction of sp³-hybridized carbons (Fsp3) is 0.200. The van der Waals surface area contributed by atoms with Gasteiger partial charge in [0.25, 0.3) is 3.90 Å². The van der Waals surface area contributed by atoms with Gasteiger partial charge in [-0.05, 0) is 18.2 Å². The molecular formula is C10H10IN3O. The molecule has 0 aliphatic rings. The Morgan fingerprint density at radius 2 is 2.07 bits per heavy atom. The van der Waals surface area contributed by atoms with Gasteiger partial charge in [0.05, 0.1) is 0 Å². The SMILES string of the molecule is CN(C)c1cccc(-c2nnc(I)o2)c1. The summed E-state index contributed by atoms with van der Waals surface area (Å²) in [6.07, 6.45) is 0. The van der Waals surface area contributed by atoms with E-state index in [9.17, 15) is 0 Å². The zero-order valence-corrected chi connectivity index (χ0v) is 10.6. The van der Waals surface area contributed by atoms with Crippen molar-refractivity contribution in [1.82, 2.24) is 10.2 Å². The van der Waals surface area contributed by atoms with Crippen molar-refractivity contribution >= 4 is 28.3 Å². The number of hydrogen-bond acceptors (Lipinski definition) is 4. The molecule has 1 heterocycles. The quantitative estimate of drug-likeness (QED) is 0.798. The zero-order chi connectivity index (χ0) is 10.8. The van der Waals surface area contributed by atoms with E-state index in [4.69, 9.17) is 4.42 Å². The van der Waals surface area contributed by atoms with Crippen molar-refractivity contribution in [2.75, 3.05) is 19.0 Å². The summed E-state index contributed by atoms with van der Waals surface area (Å²) < 4.78 is 5.90. The lowest BCUT2D eigenvalue weighted by molar-refractivity contribution is 0.537. The average molecular weight is 315 g/mol. The molecule has 2 aromatic rings. The summed E-state index contributed by atoms with van der Waals surface area (Å²) in [5.41, 5.74) is 2.05. The molecule has 2 rings (SSSR count). The number of benzene rings is 1. The molecule has 78 valence electrons. The van der Waals surface area contributed by atoms with E-state index in [1.807, 2.05) is 65.9 Å². The third kappa shape index (κ3) is 2.28. The predicted octanol–water partition coefficient (Wildman–Crippen LogP) is 2.41. The lowest BCUT2D eigenvalue weighted by Crippen LogP contribution is -2.08. The molecule has 0 aliphatic carbocycles. The Morgan fingerprint density at radius 3 is 2.67 bits per heavy atom. The lowest BCUT2D eigenvalue weighted by Gasteiger charge is -2.12. The number of nitrogens with zero attached hydrogens (tertiary/aromatic N) is 3. The number of hydrogen-bond donors (Lipinski definition) is 0. The Morgan fingerprint density at radius 1 is 1.27 bits per heavy atom. The second-order valence-corrected chi connectivity index (χ2v) is 4.23. The van der Waals surface area contributed by atoms with Gasteiger partial charge in [0.1, 0.15) is 0 Å². The van der Waals surface area contributed by atoms with Gasteiger partial charge in [0.15, 0.2) is 0 Å². The molecule has 0 atom stereocenters. The molecule has 15 heavy (non-hydrogen) atoms. The van der Waals surface area contributed by atoms with Crippen LogP contribution < -0.4 is 4.90 Å². The van der Waals surface area contributed by atoms with Crippen molar-refractivity contribution in [3.8, 4) is 11.5 Å². The molecule has 1 aromatic heterocycles. The second-order valence-electron chi connectivity index (χ2n) is 3.30. The van der Waals surface area contributed by atoms with Crippen LogP contribution in [0.2, 0.25) is 0 Å². The molecule has 0 saturated carbocycles. The Labute approximate surface area is 101 Å². The van der Waals surface area contributed by atoms with Crippen LogP contribution >= 0.6 is 22.6 Å². The molecule has 4 nitrogen and oxygen atoms in total. The molecule has 0 unspecified atom stereocenters. The monoisotopic (exact) mass is 315 g/mol. The minimum absolute atomic E-state index is 0.554. The summed E-state index contributed by atoms with van der Waals surface area (Å²) in [5, 5.41) is 7.77. The fourth-order valence-electron chi connectivity index (χ4n) is 1.24. The van der Waals surface area contributed by atoms with Gasteiger partial charge in [0.2, 0.25) is 5.89 Å². The molecule has 0 amide bonds. The van der Waals surface area contributed by atoms with E-state index in [0.29, 0.717) is 9.79 Å². The van der Waals surface area contributed by atoms with Gasteiger partial charge in [-0.3, -0.25) is 0 Å². The van der Waals surface area contributed by atoms with Crippen molar-refractivity contribution in [3.05, 3.63) is 28.2 Å². The van der Waals surface area contributed by atoms with E-state index in [1.54, 1.807) is 0 Å². The highest BCUT2D eigenvalue weighted by molar-refractivity contribution is 14.1. The molecule has 0 radical (unpaired) electrons. The second kappa shape index (κ2) is 4.18. The summed E-state index contributed by atoms with van der Waals surface area (Å²) in [7, 11) is 3.99. The highest BCUT2D eigenvalue weighted by atomic mass is 127. The van der Waals surface area contributed by atoms with Gasteiger partial charge in [-0.2, -0.15) is 0 Å². The maximum absolute atomic E-state index is 5.35. The normalized spacial score (nSPS) is 10.3. The van der Waals surface area contributed by atoms with Crippen molar-refractivity contribution in [1.29, 1.82) is 0 Å². The molecule has 0 bridgehead atoms. The zero-order valence-electron chi connectivity index (χ0n) is 8.44. The van der Waals surface area contributed by atoms with Gasteiger partial charge >= 0.3 is 0 Å². The average Bonchev–Trinajstić information content (AvgIpc) is 2.65. The lowest BCUT2D eigenvalue weighted by atomic mass is 10.2. The van der Waals surface area contributed by atoms with Crippen LogP contribution in [-0.2, 0) is 0 Å². The molecule has 0 N–H and O–H groups in total. The molecule has 1 aromatic carbocycles. The topological polar surface area (TPSA) is 42.2 Å². The van der Waals surface area contributed by atoms with Crippen LogP contribution in [0.15, 0.2) is 28.7 Å². The van der Waals surface area contributed by atoms with Gasteiger partial charge in [-0.25, -0.2) is 0 Å². The summed E-state index contributed by atoms with van der Waals surface area (Å²) in [5.74, 6) is 0.558. The van der Waals surface area contributed by atoms with Crippen molar-refractivity contribution < 1.29 is 4.42 Å². The first kappa shape index (κ1) is 10.4. The predicted molar refractivity (Wildman–Crippen MR) is 66.8 cm³/mol. The number of anilines is 1. The summed E-state index contributed by atoms with van der Waals surface area (Å²) in [6.45, 7) is 0. The highest BCUT2D eigenvalue weighted by Gasteiger charge is 2.07. The van der Waals surface area contributed by atoms with Crippen LogP contribution in [0.25, 0.3) is 11.5 Å². The number of halogens is 1. The van der Waals surface area contributed by atoms with Gasteiger partial charge in [-0.1, -0.05) is 6.07 Å². The van der Waals surface area contributed by atoms with Crippen LogP contribution in [0.1, 0.15) is 0 Å².